The van der Waals surface area contributed by atoms with Gasteiger partial charge in [0.2, 0.25) is 17.7 Å². The molecule has 3 amide bonds. The Morgan fingerprint density at radius 3 is 2.48 bits per heavy atom. The first kappa shape index (κ1) is 28.1. The third-order valence-corrected chi connectivity index (χ3v) is 5.93. The van der Waals surface area contributed by atoms with Gasteiger partial charge in [0.05, 0.1) is 12.6 Å². The average molecular weight is 468 g/mol. The van der Waals surface area contributed by atoms with Crippen LogP contribution in [-0.2, 0) is 30.3 Å². The van der Waals surface area contributed by atoms with E-state index in [0.29, 0.717) is 19.5 Å². The van der Waals surface area contributed by atoms with Gasteiger partial charge in [-0.3, -0.25) is 14.4 Å². The van der Waals surface area contributed by atoms with E-state index in [9.17, 15) is 19.2 Å². The van der Waals surface area contributed by atoms with Crippen LogP contribution in [0.4, 0.5) is 0 Å². The molecule has 10 nitrogen and oxygen atoms in total. The molecule has 1 saturated carbocycles. The largest absolute Gasteiger partial charge is 0.467 e. The first-order valence-electron chi connectivity index (χ1n) is 10.6. The Balaban J connectivity index is 0. The molecule has 1 aliphatic carbocycles. The lowest BCUT2D eigenvalue weighted by Crippen LogP contribution is -2.63. The van der Waals surface area contributed by atoms with E-state index >= 15 is 0 Å². The number of carbonyl (C=O) groups excluding carboxylic acids is 4. The lowest BCUT2D eigenvalue weighted by molar-refractivity contribution is -0.148. The Kier molecular flexibility index (Phi) is 10.5. The summed E-state index contributed by atoms with van der Waals surface area (Å²) < 4.78 is 4.81. The summed E-state index contributed by atoms with van der Waals surface area (Å²) >= 11 is 0. The first-order chi connectivity index (χ1) is 14.9. The van der Waals surface area contributed by atoms with Crippen molar-refractivity contribution < 1.29 is 26.8 Å². The minimum Gasteiger partial charge on any atom is -0.467 e. The second-order valence-corrected chi connectivity index (χ2v) is 8.01. The van der Waals surface area contributed by atoms with Crippen LogP contribution in [-0.4, -0.2) is 73.5 Å². The van der Waals surface area contributed by atoms with Crippen molar-refractivity contribution in [2.24, 2.45) is 0 Å². The monoisotopic (exact) mass is 467 g/mol. The number of hydrogen-bond acceptors (Lipinski definition) is 7. The maximum atomic E-state index is 13.3. The van der Waals surface area contributed by atoms with Gasteiger partial charge in [-0.05, 0) is 24.8 Å². The number of carbonyl (C=O) groups is 4. The fraction of sp³-hybridized carbons (Fsp3) is 0.565. The van der Waals surface area contributed by atoms with Gasteiger partial charge in [-0.15, -0.1) is 0 Å². The molecule has 10 heteroatoms. The van der Waals surface area contributed by atoms with E-state index in [-0.39, 0.29) is 41.1 Å². The maximum Gasteiger partial charge on any atom is 0.328 e. The summed E-state index contributed by atoms with van der Waals surface area (Å²) in [6.07, 6.45) is 2.03. The highest BCUT2D eigenvalue weighted by molar-refractivity contribution is 5.96. The standard InChI is InChI=1S/C22H30N4O5.CH4.H3N.2H2/c1-23-18(27)9-8-16(20(29)31-2)25-19(28)17(14-15-6-4-3-5-7-15)26-13-12-24-22(10-11-22)21(26)30;;;;/h3-7,16-17,24H,8-14H2,1-2H3,(H,23,27)(H,25,28);1H4;1H3;2*1H/t16-,17-;;;;/m0..../s1. The molecule has 1 heterocycles. The third-order valence-electron chi connectivity index (χ3n) is 5.93. The molecule has 2 aliphatic rings. The highest BCUT2D eigenvalue weighted by Crippen LogP contribution is 2.39. The van der Waals surface area contributed by atoms with Crippen molar-refractivity contribution in [3.63, 3.8) is 0 Å². The second kappa shape index (κ2) is 12.3. The summed E-state index contributed by atoms with van der Waals surface area (Å²) in [6, 6.07) is 7.73. The number of rotatable bonds is 9. The predicted octanol–water partition coefficient (Wildman–Crippen LogP) is 1.04. The van der Waals surface area contributed by atoms with Crippen LogP contribution in [0.1, 0.15) is 41.5 Å². The molecule has 0 aromatic heterocycles. The van der Waals surface area contributed by atoms with Gasteiger partial charge in [-0.25, -0.2) is 4.79 Å². The molecule has 2 fully saturated rings. The number of nitrogens with zero attached hydrogens (tertiary/aromatic N) is 1. The van der Waals surface area contributed by atoms with E-state index in [4.69, 9.17) is 4.74 Å². The number of methoxy groups -OCH3 is 1. The van der Waals surface area contributed by atoms with Gasteiger partial charge < -0.3 is 31.7 Å². The molecule has 1 saturated heterocycles. The van der Waals surface area contributed by atoms with Crippen LogP contribution in [0.3, 0.4) is 0 Å². The topological polar surface area (TPSA) is 152 Å². The Bertz CT molecular complexity index is 839. The third kappa shape index (κ3) is 6.75. The fourth-order valence-electron chi connectivity index (χ4n) is 3.92. The summed E-state index contributed by atoms with van der Waals surface area (Å²) in [4.78, 5) is 51.9. The number of benzene rings is 1. The van der Waals surface area contributed by atoms with E-state index < -0.39 is 29.5 Å². The highest BCUT2D eigenvalue weighted by atomic mass is 16.5. The van der Waals surface area contributed by atoms with Crippen LogP contribution in [0.15, 0.2) is 30.3 Å². The Hall–Kier alpha value is -2.98. The number of amides is 3. The lowest BCUT2D eigenvalue weighted by Gasteiger charge is -2.38. The van der Waals surface area contributed by atoms with Crippen molar-refractivity contribution in [1.29, 1.82) is 0 Å². The Labute approximate surface area is 198 Å². The maximum absolute atomic E-state index is 13.3. The summed E-state index contributed by atoms with van der Waals surface area (Å²) in [5.74, 6) is -1.37. The second-order valence-electron chi connectivity index (χ2n) is 8.01. The number of nitrogens with one attached hydrogen (secondary N) is 3. The molecule has 33 heavy (non-hydrogen) atoms. The zero-order valence-electron chi connectivity index (χ0n) is 18.7. The van der Waals surface area contributed by atoms with Crippen LogP contribution in [0.5, 0.6) is 0 Å². The quantitative estimate of drug-likeness (QED) is 0.396. The van der Waals surface area contributed by atoms with Crippen molar-refractivity contribution >= 4 is 23.7 Å². The Morgan fingerprint density at radius 2 is 1.91 bits per heavy atom. The van der Waals surface area contributed by atoms with Gasteiger partial charge in [-0.2, -0.15) is 0 Å². The minimum absolute atomic E-state index is 0. The van der Waals surface area contributed by atoms with Gasteiger partial charge >= 0.3 is 5.97 Å². The van der Waals surface area contributed by atoms with E-state index in [0.717, 1.165) is 18.4 Å². The van der Waals surface area contributed by atoms with Crippen LogP contribution in [0.25, 0.3) is 0 Å². The minimum atomic E-state index is -0.971. The van der Waals surface area contributed by atoms with Crippen LogP contribution < -0.4 is 22.1 Å². The van der Waals surface area contributed by atoms with Crippen molar-refractivity contribution in [2.75, 3.05) is 27.2 Å². The number of esters is 1. The number of hydrogen-bond donors (Lipinski definition) is 4. The predicted molar refractivity (Wildman–Crippen MR) is 129 cm³/mol. The van der Waals surface area contributed by atoms with Crippen molar-refractivity contribution in [2.45, 2.75) is 57.2 Å². The van der Waals surface area contributed by atoms with Gasteiger partial charge in [-0.1, -0.05) is 37.8 Å². The van der Waals surface area contributed by atoms with E-state index in [1.54, 1.807) is 4.90 Å². The van der Waals surface area contributed by atoms with Crippen LogP contribution >= 0.6 is 0 Å². The van der Waals surface area contributed by atoms with Gasteiger partial charge in [0.15, 0.2) is 0 Å². The number of ether oxygens (including phenoxy) is 1. The fourth-order valence-corrected chi connectivity index (χ4v) is 3.92. The van der Waals surface area contributed by atoms with E-state index in [1.807, 2.05) is 30.3 Å². The SMILES string of the molecule is C.CNC(=O)CC[C@H](NC(=O)[C@H](Cc1ccccc1)N1CCNC2(CC2)C1=O)C(=O)OC.N.[HH].[HH]. The molecule has 188 valence electrons. The molecular weight excluding hydrogens is 426 g/mol. The molecule has 0 bridgehead atoms. The van der Waals surface area contributed by atoms with Crippen molar-refractivity contribution in [3.8, 4) is 0 Å². The zero-order chi connectivity index (χ0) is 22.4. The summed E-state index contributed by atoms with van der Waals surface area (Å²) in [7, 11) is 2.74. The lowest BCUT2D eigenvalue weighted by atomic mass is 10.00. The van der Waals surface area contributed by atoms with Gasteiger partial charge in [0, 0.05) is 35.8 Å². The van der Waals surface area contributed by atoms with E-state index in [2.05, 4.69) is 16.0 Å². The molecule has 2 atom stereocenters. The van der Waals surface area contributed by atoms with Crippen LogP contribution in [0.2, 0.25) is 0 Å². The van der Waals surface area contributed by atoms with Gasteiger partial charge in [0.25, 0.3) is 0 Å². The summed E-state index contributed by atoms with van der Waals surface area (Å²) in [5.41, 5.74) is 0.368. The van der Waals surface area contributed by atoms with E-state index in [1.165, 1.54) is 14.2 Å². The molecular formula is C23H41N5O5. The summed E-state index contributed by atoms with van der Waals surface area (Å²) in [5, 5.41) is 8.49. The zero-order valence-corrected chi connectivity index (χ0v) is 18.7. The Morgan fingerprint density at radius 1 is 1.24 bits per heavy atom. The summed E-state index contributed by atoms with van der Waals surface area (Å²) in [6.45, 7) is 1.02. The molecule has 6 N–H and O–H groups in total. The molecule has 1 aliphatic heterocycles. The highest BCUT2D eigenvalue weighted by Gasteiger charge is 2.55. The molecule has 3 rings (SSSR count). The van der Waals surface area contributed by atoms with Crippen molar-refractivity contribution in [3.05, 3.63) is 35.9 Å². The van der Waals surface area contributed by atoms with Gasteiger partial charge in [0.1, 0.15) is 12.1 Å². The average Bonchev–Trinajstić information content (AvgIpc) is 3.57. The van der Waals surface area contributed by atoms with Crippen molar-refractivity contribution in [1.82, 2.24) is 27.0 Å². The first-order valence-corrected chi connectivity index (χ1v) is 10.6. The van der Waals surface area contributed by atoms with Crippen LogP contribution in [0, 0.1) is 0 Å². The molecule has 1 aromatic rings. The molecule has 1 spiro atoms. The molecule has 0 radical (unpaired) electrons. The number of piperazine rings is 1. The normalized spacial score (nSPS) is 17.6. The smallest absolute Gasteiger partial charge is 0.328 e. The molecule has 1 aromatic carbocycles. The molecule has 0 unspecified atom stereocenters.